The van der Waals surface area contributed by atoms with Gasteiger partial charge in [0.25, 0.3) is 11.8 Å². The number of aryl methyl sites for hydroxylation is 1. The van der Waals surface area contributed by atoms with Crippen LogP contribution < -0.4 is 10.6 Å². The van der Waals surface area contributed by atoms with Gasteiger partial charge in [-0.3, -0.25) is 19.3 Å². The average Bonchev–Trinajstić information content (AvgIpc) is 3.91. The van der Waals surface area contributed by atoms with Crippen molar-refractivity contribution < 1.29 is 33.5 Å². The van der Waals surface area contributed by atoms with E-state index in [2.05, 4.69) is 57.2 Å². The molecule has 1 saturated heterocycles. The Labute approximate surface area is 349 Å². The summed E-state index contributed by atoms with van der Waals surface area (Å²) in [7, 11) is 1.82. The molecule has 0 radical (unpaired) electrons. The Morgan fingerprint density at radius 1 is 0.932 bits per heavy atom. The first-order valence-corrected chi connectivity index (χ1v) is 21.0. The predicted molar refractivity (Wildman–Crippen MR) is 224 cm³/mol. The van der Waals surface area contributed by atoms with E-state index in [-0.39, 0.29) is 42.7 Å². The third-order valence-electron chi connectivity index (χ3n) is 9.87. The maximum Gasteiger partial charge on any atom is 0.355 e. The zero-order chi connectivity index (χ0) is 41.4. The molecule has 2 aliphatic heterocycles. The van der Waals surface area contributed by atoms with Gasteiger partial charge in [-0.05, 0) is 23.1 Å². The van der Waals surface area contributed by atoms with Crippen LogP contribution in [0.1, 0.15) is 54.8 Å². The normalized spacial score (nSPS) is 16.5. The summed E-state index contributed by atoms with van der Waals surface area (Å²) in [5, 5.41) is 12.4. The van der Waals surface area contributed by atoms with Gasteiger partial charge in [0.2, 0.25) is 0 Å². The standard InChI is InChI=1S/C43H43N7O7S2/c1-4-5-21-55-41(54)37-29(23-56-28(2)51)25-58-40-36(39(53)50(37)40)46-38(52)35(48-57-24-33-22-44-27-49(33)3)34-26-59-42(45-34)47-43(30-15-9-6-10-16-30,31-17-11-7-12-18-31)32-19-13-8-14-20-32/h6-20,22,26-27,36,40H,4-5,21,23-25H2,1-3H3,(H,45,47)(H,46,52)/t36-,40+/m1/s1. The van der Waals surface area contributed by atoms with Crippen LogP contribution in [0.3, 0.4) is 0 Å². The van der Waals surface area contributed by atoms with Crippen molar-refractivity contribution in [3.05, 3.63) is 148 Å². The summed E-state index contributed by atoms with van der Waals surface area (Å²) in [6.45, 7) is 3.25. The summed E-state index contributed by atoms with van der Waals surface area (Å²) in [4.78, 5) is 69.2. The first-order valence-electron chi connectivity index (χ1n) is 19.0. The van der Waals surface area contributed by atoms with E-state index in [0.29, 0.717) is 22.8 Å². The lowest BCUT2D eigenvalue weighted by molar-refractivity contribution is -0.152. The van der Waals surface area contributed by atoms with Gasteiger partial charge in [0, 0.05) is 30.7 Å². The third kappa shape index (κ3) is 8.78. The summed E-state index contributed by atoms with van der Waals surface area (Å²) in [5.41, 5.74) is 3.28. The van der Waals surface area contributed by atoms with Crippen LogP contribution in [0.5, 0.6) is 0 Å². The van der Waals surface area contributed by atoms with E-state index in [4.69, 9.17) is 19.3 Å². The molecule has 0 unspecified atom stereocenters. The minimum Gasteiger partial charge on any atom is -0.461 e. The number of thiazole rings is 1. The summed E-state index contributed by atoms with van der Waals surface area (Å²) in [5.74, 6) is -2.16. The molecule has 0 spiro atoms. The van der Waals surface area contributed by atoms with Crippen LogP contribution in [-0.2, 0) is 52.7 Å². The molecule has 5 aromatic rings. The molecule has 7 rings (SSSR count). The number of amides is 2. The molecule has 2 amide bonds. The Morgan fingerprint density at radius 2 is 1.58 bits per heavy atom. The third-order valence-corrected chi connectivity index (χ3v) is 12.0. The number of fused-ring (bicyclic) bond motifs is 1. The second kappa shape index (κ2) is 18.6. The number of unbranched alkanes of at least 4 members (excludes halogenated alkanes) is 1. The van der Waals surface area contributed by atoms with Gasteiger partial charge in [-0.25, -0.2) is 14.8 Å². The van der Waals surface area contributed by atoms with E-state index in [0.717, 1.165) is 23.1 Å². The molecule has 2 aliphatic rings. The zero-order valence-electron chi connectivity index (χ0n) is 32.7. The average molecular weight is 834 g/mol. The summed E-state index contributed by atoms with van der Waals surface area (Å²) >= 11 is 2.62. The Balaban J connectivity index is 1.19. The molecule has 0 aliphatic carbocycles. The number of anilines is 1. The molecule has 1 fully saturated rings. The number of β-lactam (4-membered cyclic amide) rings is 1. The van der Waals surface area contributed by atoms with Crippen molar-refractivity contribution in [3.63, 3.8) is 0 Å². The summed E-state index contributed by atoms with van der Waals surface area (Å²) < 4.78 is 12.5. The second-order valence-electron chi connectivity index (χ2n) is 13.8. The van der Waals surface area contributed by atoms with Crippen LogP contribution in [0.2, 0.25) is 0 Å². The molecule has 0 bridgehead atoms. The molecular formula is C43H43N7O7S2. The van der Waals surface area contributed by atoms with E-state index >= 15 is 0 Å². The number of thioether (sulfide) groups is 1. The first-order chi connectivity index (χ1) is 28.7. The fourth-order valence-corrected chi connectivity index (χ4v) is 8.91. The number of carbonyl (C=O) groups is 4. The quantitative estimate of drug-likeness (QED) is 0.0292. The molecule has 304 valence electrons. The SMILES string of the molecule is CCCCOC(=O)C1=C(COC(C)=O)CS[C@H]2[C@H](NC(=O)C(=NOCc3cncn3C)c3csc(NC(c4ccccc4)(c4ccccc4)c4ccccc4)n3)C(=O)N12. The number of oxime groups is 1. The molecule has 59 heavy (non-hydrogen) atoms. The van der Waals surface area contributed by atoms with Crippen LogP contribution in [0, 0.1) is 0 Å². The summed E-state index contributed by atoms with van der Waals surface area (Å²) in [6.07, 6.45) is 4.71. The van der Waals surface area contributed by atoms with Crippen molar-refractivity contribution in [2.24, 2.45) is 12.2 Å². The molecule has 14 nitrogen and oxygen atoms in total. The highest BCUT2D eigenvalue weighted by Crippen LogP contribution is 2.42. The van der Waals surface area contributed by atoms with Crippen molar-refractivity contribution in [2.45, 2.75) is 50.3 Å². The highest BCUT2D eigenvalue weighted by molar-refractivity contribution is 8.00. The van der Waals surface area contributed by atoms with Crippen LogP contribution in [0.15, 0.2) is 125 Å². The first kappa shape index (κ1) is 40.9. The Kier molecular flexibility index (Phi) is 12.9. The van der Waals surface area contributed by atoms with Crippen molar-refractivity contribution in [1.29, 1.82) is 0 Å². The highest BCUT2D eigenvalue weighted by atomic mass is 32.2. The van der Waals surface area contributed by atoms with Gasteiger partial charge in [-0.2, -0.15) is 0 Å². The summed E-state index contributed by atoms with van der Waals surface area (Å²) in [6, 6.07) is 29.2. The van der Waals surface area contributed by atoms with Gasteiger partial charge in [-0.15, -0.1) is 23.1 Å². The van der Waals surface area contributed by atoms with Crippen molar-refractivity contribution in [2.75, 3.05) is 24.3 Å². The molecule has 3 aromatic carbocycles. The number of rotatable bonds is 17. The van der Waals surface area contributed by atoms with E-state index in [1.807, 2.05) is 68.6 Å². The van der Waals surface area contributed by atoms with Gasteiger partial charge in [-0.1, -0.05) is 109 Å². The predicted octanol–water partition coefficient (Wildman–Crippen LogP) is 5.76. The fourth-order valence-electron chi connectivity index (χ4n) is 6.83. The van der Waals surface area contributed by atoms with Crippen LogP contribution in [0.4, 0.5) is 5.13 Å². The lowest BCUT2D eigenvalue weighted by Crippen LogP contribution is -2.71. The second-order valence-corrected chi connectivity index (χ2v) is 15.8. The van der Waals surface area contributed by atoms with Crippen LogP contribution in [-0.4, -0.2) is 79.3 Å². The zero-order valence-corrected chi connectivity index (χ0v) is 34.3. The van der Waals surface area contributed by atoms with E-state index < -0.39 is 40.7 Å². The highest BCUT2D eigenvalue weighted by Gasteiger charge is 2.55. The van der Waals surface area contributed by atoms with Gasteiger partial charge in [0.05, 0.1) is 24.8 Å². The Bertz CT molecular complexity index is 2250. The van der Waals surface area contributed by atoms with Crippen molar-refractivity contribution >= 4 is 57.7 Å². The fraction of sp³-hybridized carbons (Fsp3) is 0.279. The number of carbonyl (C=O) groups excluding carboxylic acids is 4. The molecule has 4 heterocycles. The van der Waals surface area contributed by atoms with E-state index in [9.17, 15) is 19.2 Å². The van der Waals surface area contributed by atoms with Crippen LogP contribution in [0.25, 0.3) is 0 Å². The Morgan fingerprint density at radius 3 is 2.15 bits per heavy atom. The lowest BCUT2D eigenvalue weighted by atomic mass is 9.77. The van der Waals surface area contributed by atoms with Gasteiger partial charge in [0.1, 0.15) is 35.0 Å². The monoisotopic (exact) mass is 833 g/mol. The minimum atomic E-state index is -1.01. The maximum absolute atomic E-state index is 14.3. The maximum atomic E-state index is 14.3. The van der Waals surface area contributed by atoms with Crippen molar-refractivity contribution in [3.8, 4) is 0 Å². The minimum absolute atomic E-state index is 0.00960. The topological polar surface area (TPSA) is 166 Å². The van der Waals surface area contributed by atoms with Crippen molar-refractivity contribution in [1.82, 2.24) is 24.8 Å². The number of nitrogens with one attached hydrogen (secondary N) is 2. The number of benzene rings is 3. The van der Waals surface area contributed by atoms with Gasteiger partial charge in [0.15, 0.2) is 17.5 Å². The Hall–Kier alpha value is -6.26. The van der Waals surface area contributed by atoms with Gasteiger partial charge < -0.3 is 29.5 Å². The lowest BCUT2D eigenvalue weighted by Gasteiger charge is -2.49. The number of nitrogens with zero attached hydrogens (tertiary/aromatic N) is 5. The van der Waals surface area contributed by atoms with Gasteiger partial charge >= 0.3 is 11.9 Å². The number of aromatic nitrogens is 3. The smallest absolute Gasteiger partial charge is 0.355 e. The number of hydrogen-bond acceptors (Lipinski definition) is 13. The van der Waals surface area contributed by atoms with E-state index in [1.165, 1.54) is 34.9 Å². The largest absolute Gasteiger partial charge is 0.461 e. The number of ether oxygens (including phenoxy) is 2. The number of hydrogen-bond donors (Lipinski definition) is 2. The molecule has 2 atom stereocenters. The molecule has 2 N–H and O–H groups in total. The number of esters is 2. The molecular weight excluding hydrogens is 791 g/mol. The molecule has 16 heteroatoms. The molecule has 0 saturated carbocycles. The molecule has 2 aromatic heterocycles. The number of imidazole rings is 1. The van der Waals surface area contributed by atoms with Crippen LogP contribution >= 0.6 is 23.1 Å². The van der Waals surface area contributed by atoms with E-state index in [1.54, 1.807) is 22.5 Å².